The lowest BCUT2D eigenvalue weighted by atomic mass is 10.1. The predicted octanol–water partition coefficient (Wildman–Crippen LogP) is 3.53. The van der Waals surface area contributed by atoms with Gasteiger partial charge in [-0.05, 0) is 41.8 Å². The van der Waals surface area contributed by atoms with Gasteiger partial charge in [0.2, 0.25) is 0 Å². The van der Waals surface area contributed by atoms with Gasteiger partial charge in [0.25, 0.3) is 5.91 Å². The zero-order chi connectivity index (χ0) is 14.7. The van der Waals surface area contributed by atoms with Crippen LogP contribution in [0.1, 0.15) is 33.8 Å². The molecular weight excluding hydrogens is 280 g/mol. The smallest absolute Gasteiger partial charge is 0.255 e. The van der Waals surface area contributed by atoms with Gasteiger partial charge in [-0.3, -0.25) is 9.78 Å². The van der Waals surface area contributed by atoms with Crippen LogP contribution in [0.5, 0.6) is 0 Å². The molecule has 0 aliphatic carbocycles. The standard InChI is InChI=1S/C17H18N2OS/c1-2-13-3-5-14(6-4-13)16(20)19-11-12-21-17(19)15-7-9-18-10-8-15/h3-10,17H,2,11-12H2,1H3/t17-/m1/s1. The van der Waals surface area contributed by atoms with Crippen molar-refractivity contribution in [2.45, 2.75) is 18.7 Å². The zero-order valence-electron chi connectivity index (χ0n) is 12.0. The first-order valence-electron chi connectivity index (χ1n) is 7.21. The molecule has 1 aromatic heterocycles. The van der Waals surface area contributed by atoms with E-state index in [1.165, 1.54) is 5.56 Å². The fourth-order valence-corrected chi connectivity index (χ4v) is 3.79. The summed E-state index contributed by atoms with van der Waals surface area (Å²) in [6, 6.07) is 11.9. The van der Waals surface area contributed by atoms with E-state index in [-0.39, 0.29) is 11.3 Å². The number of rotatable bonds is 3. The Hall–Kier alpha value is -1.81. The lowest BCUT2D eigenvalue weighted by molar-refractivity contribution is 0.0760. The van der Waals surface area contributed by atoms with E-state index in [0.717, 1.165) is 29.8 Å². The molecule has 2 aromatic rings. The molecule has 2 heterocycles. The second-order valence-electron chi connectivity index (χ2n) is 5.05. The van der Waals surface area contributed by atoms with Crippen LogP contribution in [0, 0.1) is 0 Å². The van der Waals surface area contributed by atoms with Crippen molar-refractivity contribution in [3.8, 4) is 0 Å². The Labute approximate surface area is 129 Å². The third-order valence-corrected chi connectivity index (χ3v) is 5.01. The largest absolute Gasteiger partial charge is 0.322 e. The van der Waals surface area contributed by atoms with Gasteiger partial charge in [-0.15, -0.1) is 11.8 Å². The van der Waals surface area contributed by atoms with Crippen LogP contribution in [-0.2, 0) is 6.42 Å². The Morgan fingerprint density at radius 2 is 1.95 bits per heavy atom. The molecule has 1 fully saturated rings. The van der Waals surface area contributed by atoms with Crippen LogP contribution in [0.25, 0.3) is 0 Å². The number of aromatic nitrogens is 1. The van der Waals surface area contributed by atoms with Gasteiger partial charge in [0.05, 0.1) is 0 Å². The average Bonchev–Trinajstić information content (AvgIpc) is 3.04. The molecule has 0 N–H and O–H groups in total. The Balaban J connectivity index is 1.82. The summed E-state index contributed by atoms with van der Waals surface area (Å²) in [5, 5.41) is 0.103. The minimum absolute atomic E-state index is 0.103. The molecule has 108 valence electrons. The first-order valence-corrected chi connectivity index (χ1v) is 8.26. The topological polar surface area (TPSA) is 33.2 Å². The third-order valence-electron chi connectivity index (χ3n) is 3.75. The van der Waals surface area contributed by atoms with Crippen molar-refractivity contribution in [1.82, 2.24) is 9.88 Å². The van der Waals surface area contributed by atoms with Gasteiger partial charge in [-0.25, -0.2) is 0 Å². The number of amides is 1. The summed E-state index contributed by atoms with van der Waals surface area (Å²) in [4.78, 5) is 18.7. The highest BCUT2D eigenvalue weighted by Gasteiger charge is 2.31. The van der Waals surface area contributed by atoms with Gasteiger partial charge < -0.3 is 4.90 Å². The normalized spacial score (nSPS) is 18.0. The van der Waals surface area contributed by atoms with Crippen LogP contribution < -0.4 is 0 Å². The fourth-order valence-electron chi connectivity index (χ4n) is 2.53. The van der Waals surface area contributed by atoms with Gasteiger partial charge in [0.1, 0.15) is 5.37 Å². The van der Waals surface area contributed by atoms with Crippen LogP contribution in [0.15, 0.2) is 48.8 Å². The van der Waals surface area contributed by atoms with Crippen molar-refractivity contribution in [3.05, 3.63) is 65.5 Å². The van der Waals surface area contributed by atoms with Crippen LogP contribution in [0.3, 0.4) is 0 Å². The maximum atomic E-state index is 12.7. The summed E-state index contributed by atoms with van der Waals surface area (Å²) in [5.74, 6) is 1.09. The molecule has 1 aliphatic heterocycles. The van der Waals surface area contributed by atoms with E-state index in [1.807, 2.05) is 53.1 Å². The van der Waals surface area contributed by atoms with Crippen LogP contribution in [-0.4, -0.2) is 28.1 Å². The molecule has 0 radical (unpaired) electrons. The quantitative estimate of drug-likeness (QED) is 0.869. The Bertz CT molecular complexity index is 612. The van der Waals surface area contributed by atoms with E-state index in [0.29, 0.717) is 0 Å². The van der Waals surface area contributed by atoms with E-state index in [9.17, 15) is 4.79 Å². The van der Waals surface area contributed by atoms with Gasteiger partial charge in [-0.2, -0.15) is 0 Å². The molecule has 4 heteroatoms. The SMILES string of the molecule is CCc1ccc(C(=O)N2CCS[C@@H]2c2ccncc2)cc1. The summed E-state index contributed by atoms with van der Waals surface area (Å²) >= 11 is 1.81. The third kappa shape index (κ3) is 2.95. The summed E-state index contributed by atoms with van der Waals surface area (Å²) in [5.41, 5.74) is 3.17. The maximum absolute atomic E-state index is 12.7. The molecule has 3 nitrogen and oxygen atoms in total. The number of benzene rings is 1. The first-order chi connectivity index (χ1) is 10.3. The number of thioether (sulfide) groups is 1. The molecule has 0 spiro atoms. The van der Waals surface area contributed by atoms with E-state index in [2.05, 4.69) is 11.9 Å². The van der Waals surface area contributed by atoms with E-state index in [4.69, 9.17) is 0 Å². The molecule has 1 aromatic carbocycles. The van der Waals surface area contributed by atoms with Crippen LogP contribution >= 0.6 is 11.8 Å². The van der Waals surface area contributed by atoms with E-state index in [1.54, 1.807) is 12.4 Å². The number of hydrogen-bond acceptors (Lipinski definition) is 3. The maximum Gasteiger partial charge on any atom is 0.255 e. The highest BCUT2D eigenvalue weighted by molar-refractivity contribution is 7.99. The Morgan fingerprint density at radius 3 is 2.62 bits per heavy atom. The van der Waals surface area contributed by atoms with Crippen molar-refractivity contribution in [3.63, 3.8) is 0 Å². The molecular formula is C17H18N2OS. The zero-order valence-corrected chi connectivity index (χ0v) is 12.8. The van der Waals surface area contributed by atoms with Crippen molar-refractivity contribution >= 4 is 17.7 Å². The molecule has 1 aliphatic rings. The number of carbonyl (C=O) groups is 1. The molecule has 0 saturated carbocycles. The molecule has 3 rings (SSSR count). The minimum Gasteiger partial charge on any atom is -0.322 e. The predicted molar refractivity (Wildman–Crippen MR) is 86.3 cm³/mol. The van der Waals surface area contributed by atoms with Crippen molar-refractivity contribution in [2.75, 3.05) is 12.3 Å². The summed E-state index contributed by atoms with van der Waals surface area (Å²) in [6.45, 7) is 2.92. The Morgan fingerprint density at radius 1 is 1.24 bits per heavy atom. The summed E-state index contributed by atoms with van der Waals surface area (Å²) < 4.78 is 0. The molecule has 0 bridgehead atoms. The molecule has 1 amide bonds. The second-order valence-corrected chi connectivity index (χ2v) is 6.24. The van der Waals surface area contributed by atoms with Gasteiger partial charge in [0, 0.05) is 30.3 Å². The van der Waals surface area contributed by atoms with Gasteiger partial charge in [-0.1, -0.05) is 19.1 Å². The average molecular weight is 298 g/mol. The summed E-state index contributed by atoms with van der Waals surface area (Å²) in [7, 11) is 0. The molecule has 1 saturated heterocycles. The lowest BCUT2D eigenvalue weighted by Gasteiger charge is -2.24. The minimum atomic E-state index is 0.103. The van der Waals surface area contributed by atoms with Crippen molar-refractivity contribution in [1.29, 1.82) is 0 Å². The molecule has 0 unspecified atom stereocenters. The van der Waals surface area contributed by atoms with E-state index >= 15 is 0 Å². The number of nitrogens with zero attached hydrogens (tertiary/aromatic N) is 2. The van der Waals surface area contributed by atoms with E-state index < -0.39 is 0 Å². The number of hydrogen-bond donors (Lipinski definition) is 0. The number of aryl methyl sites for hydroxylation is 1. The lowest BCUT2D eigenvalue weighted by Crippen LogP contribution is -2.30. The second kappa shape index (κ2) is 6.31. The monoisotopic (exact) mass is 298 g/mol. The fraction of sp³-hybridized carbons (Fsp3) is 0.294. The van der Waals surface area contributed by atoms with Crippen molar-refractivity contribution < 1.29 is 4.79 Å². The number of pyridine rings is 1. The van der Waals surface area contributed by atoms with Gasteiger partial charge in [0.15, 0.2) is 0 Å². The Kier molecular flexibility index (Phi) is 4.25. The van der Waals surface area contributed by atoms with Crippen LogP contribution in [0.4, 0.5) is 0 Å². The molecule has 1 atom stereocenters. The first kappa shape index (κ1) is 14.1. The highest BCUT2D eigenvalue weighted by Crippen LogP contribution is 2.38. The van der Waals surface area contributed by atoms with Crippen molar-refractivity contribution in [2.24, 2.45) is 0 Å². The highest BCUT2D eigenvalue weighted by atomic mass is 32.2. The number of carbonyl (C=O) groups excluding carboxylic acids is 1. The van der Waals surface area contributed by atoms with Crippen LogP contribution in [0.2, 0.25) is 0 Å². The summed E-state index contributed by atoms with van der Waals surface area (Å²) in [6.07, 6.45) is 4.56. The molecule has 21 heavy (non-hydrogen) atoms. The van der Waals surface area contributed by atoms with Gasteiger partial charge >= 0.3 is 0 Å².